The molecule has 0 saturated heterocycles. The van der Waals surface area contributed by atoms with Gasteiger partial charge in [-0.05, 0) is 33.0 Å². The minimum Gasteiger partial charge on any atom is -0.334 e. The van der Waals surface area contributed by atoms with E-state index in [4.69, 9.17) is 4.52 Å². The van der Waals surface area contributed by atoms with Crippen LogP contribution in [0.5, 0.6) is 0 Å². The largest absolute Gasteiger partial charge is 0.334 e. The van der Waals surface area contributed by atoms with Crippen LogP contribution in [0.3, 0.4) is 0 Å². The Balaban J connectivity index is 0.00000208. The van der Waals surface area contributed by atoms with Crippen molar-refractivity contribution < 1.29 is 4.52 Å². The van der Waals surface area contributed by atoms with E-state index in [0.29, 0.717) is 17.8 Å². The van der Waals surface area contributed by atoms with Crippen molar-refractivity contribution in [2.45, 2.75) is 26.3 Å². The van der Waals surface area contributed by atoms with Crippen LogP contribution in [0.15, 0.2) is 47.0 Å². The van der Waals surface area contributed by atoms with Crippen molar-refractivity contribution in [3.63, 3.8) is 0 Å². The zero-order valence-corrected chi connectivity index (χ0v) is 14.8. The molecular formula is C18H21ClN4O. The molecule has 2 heterocycles. The van der Waals surface area contributed by atoms with Gasteiger partial charge in [-0.15, -0.1) is 12.4 Å². The van der Waals surface area contributed by atoms with E-state index in [9.17, 15) is 0 Å². The number of hydrogen-bond donors (Lipinski definition) is 1. The van der Waals surface area contributed by atoms with Crippen molar-refractivity contribution in [3.8, 4) is 22.7 Å². The van der Waals surface area contributed by atoms with Gasteiger partial charge in [-0.1, -0.05) is 35.5 Å². The van der Waals surface area contributed by atoms with Crippen LogP contribution in [-0.4, -0.2) is 28.2 Å². The Hall–Kier alpha value is -2.24. The number of halogens is 1. The third kappa shape index (κ3) is 3.99. The second-order valence-corrected chi connectivity index (χ2v) is 5.61. The van der Waals surface area contributed by atoms with Crippen molar-refractivity contribution in [2.75, 3.05) is 7.05 Å². The molecule has 0 spiro atoms. The maximum Gasteiger partial charge on any atom is 0.259 e. The lowest BCUT2D eigenvalue weighted by atomic mass is 10.1. The van der Waals surface area contributed by atoms with E-state index in [1.165, 1.54) is 0 Å². The quantitative estimate of drug-likeness (QED) is 0.765. The Morgan fingerprint density at radius 3 is 2.50 bits per heavy atom. The molecule has 3 aromatic rings. The van der Waals surface area contributed by atoms with Crippen LogP contribution >= 0.6 is 12.4 Å². The third-order valence-electron chi connectivity index (χ3n) is 3.84. The molecule has 0 radical (unpaired) electrons. The van der Waals surface area contributed by atoms with Crippen molar-refractivity contribution in [1.29, 1.82) is 0 Å². The van der Waals surface area contributed by atoms with E-state index >= 15 is 0 Å². The lowest BCUT2D eigenvalue weighted by molar-refractivity contribution is 0.418. The summed E-state index contributed by atoms with van der Waals surface area (Å²) in [6.45, 7) is 4.04. The summed E-state index contributed by atoms with van der Waals surface area (Å²) in [5.74, 6) is 1.22. The predicted molar refractivity (Wildman–Crippen MR) is 97.2 cm³/mol. The fraction of sp³-hybridized carbons (Fsp3) is 0.278. The fourth-order valence-corrected chi connectivity index (χ4v) is 2.38. The summed E-state index contributed by atoms with van der Waals surface area (Å²) >= 11 is 0. The summed E-state index contributed by atoms with van der Waals surface area (Å²) < 4.78 is 5.39. The maximum atomic E-state index is 5.39. The van der Waals surface area contributed by atoms with E-state index in [-0.39, 0.29) is 12.4 Å². The minimum absolute atomic E-state index is 0. The molecule has 0 fully saturated rings. The summed E-state index contributed by atoms with van der Waals surface area (Å²) in [6, 6.07) is 14.4. The molecular weight excluding hydrogens is 324 g/mol. The molecule has 1 unspecified atom stereocenters. The van der Waals surface area contributed by atoms with Crippen LogP contribution in [0.25, 0.3) is 22.7 Å². The molecule has 0 bridgehead atoms. The number of rotatable bonds is 5. The molecule has 0 aliphatic heterocycles. The van der Waals surface area contributed by atoms with Crippen LogP contribution in [0, 0.1) is 6.92 Å². The molecule has 0 amide bonds. The van der Waals surface area contributed by atoms with E-state index in [0.717, 1.165) is 28.9 Å². The highest BCUT2D eigenvalue weighted by Crippen LogP contribution is 2.24. The lowest BCUT2D eigenvalue weighted by Gasteiger charge is -2.05. The maximum absolute atomic E-state index is 5.39. The summed E-state index contributed by atoms with van der Waals surface area (Å²) in [4.78, 5) is 9.14. The minimum atomic E-state index is 0. The molecule has 24 heavy (non-hydrogen) atoms. The number of likely N-dealkylation sites (N-methyl/N-ethyl adjacent to an activating group) is 1. The molecule has 0 aliphatic carbocycles. The van der Waals surface area contributed by atoms with Crippen LogP contribution in [0.2, 0.25) is 0 Å². The van der Waals surface area contributed by atoms with Crippen LogP contribution in [0.1, 0.15) is 18.4 Å². The molecule has 3 rings (SSSR count). The van der Waals surface area contributed by atoms with Gasteiger partial charge in [0.15, 0.2) is 5.82 Å². The molecule has 1 N–H and O–H groups in total. The lowest BCUT2D eigenvalue weighted by Crippen LogP contribution is -2.24. The number of aryl methyl sites for hydroxylation is 1. The number of nitrogens with zero attached hydrogens (tertiary/aromatic N) is 3. The third-order valence-corrected chi connectivity index (χ3v) is 3.84. The molecule has 126 valence electrons. The average molecular weight is 345 g/mol. The van der Waals surface area contributed by atoms with Gasteiger partial charge in [0.1, 0.15) is 0 Å². The number of pyridine rings is 1. The number of hydrogen-bond acceptors (Lipinski definition) is 5. The monoisotopic (exact) mass is 344 g/mol. The van der Waals surface area contributed by atoms with Crippen molar-refractivity contribution in [1.82, 2.24) is 20.4 Å². The van der Waals surface area contributed by atoms with E-state index < -0.39 is 0 Å². The van der Waals surface area contributed by atoms with Crippen molar-refractivity contribution in [2.24, 2.45) is 0 Å². The van der Waals surface area contributed by atoms with Gasteiger partial charge in [-0.3, -0.25) is 4.98 Å². The van der Waals surface area contributed by atoms with Gasteiger partial charge in [0, 0.05) is 18.0 Å². The highest BCUT2D eigenvalue weighted by atomic mass is 35.5. The Morgan fingerprint density at radius 1 is 1.08 bits per heavy atom. The topological polar surface area (TPSA) is 63.8 Å². The van der Waals surface area contributed by atoms with Crippen molar-refractivity contribution in [3.05, 3.63) is 54.0 Å². The molecule has 0 aliphatic rings. The Morgan fingerprint density at radius 2 is 1.83 bits per heavy atom. The van der Waals surface area contributed by atoms with Gasteiger partial charge in [0.2, 0.25) is 0 Å². The standard InChI is InChI=1S/C18H20N4O.ClH/c1-12(19-3)11-17-21-18(23-22-17)15-9-10-16(20-13(15)2)14-7-5-4-6-8-14;/h4-10,12,19H,11H2,1-3H3;1H. The van der Waals surface area contributed by atoms with Gasteiger partial charge in [-0.2, -0.15) is 4.98 Å². The zero-order chi connectivity index (χ0) is 16.2. The first-order chi connectivity index (χ1) is 11.2. The van der Waals surface area contributed by atoms with Crippen molar-refractivity contribution >= 4 is 12.4 Å². The SMILES string of the molecule is CNC(C)Cc1noc(-c2ccc(-c3ccccc3)nc2C)n1.Cl. The first-order valence-corrected chi connectivity index (χ1v) is 7.70. The smallest absolute Gasteiger partial charge is 0.259 e. The molecule has 5 nitrogen and oxygen atoms in total. The molecule has 1 atom stereocenters. The Kier molecular flexibility index (Phi) is 6.06. The van der Waals surface area contributed by atoms with E-state index in [1.54, 1.807) is 0 Å². The Bertz CT molecular complexity index is 789. The second kappa shape index (κ2) is 8.04. The average Bonchev–Trinajstić information content (AvgIpc) is 3.03. The van der Waals surface area contributed by atoms with Crippen LogP contribution in [-0.2, 0) is 6.42 Å². The molecule has 0 saturated carbocycles. The first-order valence-electron chi connectivity index (χ1n) is 7.70. The summed E-state index contributed by atoms with van der Waals surface area (Å²) in [5, 5.41) is 7.21. The molecule has 2 aromatic heterocycles. The summed E-state index contributed by atoms with van der Waals surface area (Å²) in [7, 11) is 1.92. The summed E-state index contributed by atoms with van der Waals surface area (Å²) in [5.41, 5.74) is 3.79. The van der Waals surface area contributed by atoms with Crippen LogP contribution in [0.4, 0.5) is 0 Å². The number of benzene rings is 1. The highest BCUT2D eigenvalue weighted by molar-refractivity contribution is 5.85. The fourth-order valence-electron chi connectivity index (χ4n) is 2.38. The van der Waals surface area contributed by atoms with Gasteiger partial charge in [0.25, 0.3) is 5.89 Å². The zero-order valence-electron chi connectivity index (χ0n) is 14.0. The van der Waals surface area contributed by atoms with Crippen LogP contribution < -0.4 is 5.32 Å². The second-order valence-electron chi connectivity index (χ2n) is 5.61. The van der Waals surface area contributed by atoms with Gasteiger partial charge in [-0.25, -0.2) is 0 Å². The van der Waals surface area contributed by atoms with E-state index in [1.807, 2.05) is 56.4 Å². The summed E-state index contributed by atoms with van der Waals surface area (Å²) in [6.07, 6.45) is 0.731. The molecule has 1 aromatic carbocycles. The van der Waals surface area contributed by atoms with Gasteiger partial charge < -0.3 is 9.84 Å². The van der Waals surface area contributed by atoms with Gasteiger partial charge >= 0.3 is 0 Å². The Labute approximate surface area is 147 Å². The van der Waals surface area contributed by atoms with E-state index in [2.05, 4.69) is 27.4 Å². The normalized spacial score (nSPS) is 11.8. The highest BCUT2D eigenvalue weighted by Gasteiger charge is 2.14. The molecule has 6 heteroatoms. The number of aromatic nitrogens is 3. The van der Waals surface area contributed by atoms with Gasteiger partial charge in [0.05, 0.1) is 17.0 Å². The first kappa shape index (κ1) is 18.1. The number of nitrogens with one attached hydrogen (secondary N) is 1. The predicted octanol–water partition coefficient (Wildman–Crippen LogP) is 3.68.